The molecule has 172 valence electrons. The van der Waals surface area contributed by atoms with Crippen molar-refractivity contribution >= 4 is 29.9 Å². The predicted octanol–water partition coefficient (Wildman–Crippen LogP) is 3.88. The average molecular weight is 557 g/mol. The van der Waals surface area contributed by atoms with Crippen molar-refractivity contribution in [2.24, 2.45) is 4.99 Å². The minimum atomic E-state index is -2.88. The molecule has 0 saturated heterocycles. The molecular formula is C22H26F2IN5O2. The van der Waals surface area contributed by atoms with Crippen LogP contribution in [0.2, 0.25) is 0 Å². The van der Waals surface area contributed by atoms with Crippen LogP contribution in [0.1, 0.15) is 24.2 Å². The first kappa shape index (κ1) is 25.5. The molecule has 0 amide bonds. The van der Waals surface area contributed by atoms with Gasteiger partial charge < -0.3 is 25.0 Å². The first-order valence-corrected chi connectivity index (χ1v) is 9.88. The van der Waals surface area contributed by atoms with Crippen molar-refractivity contribution < 1.29 is 18.6 Å². The maximum atomic E-state index is 12.3. The molecule has 0 saturated carbocycles. The molecule has 0 bridgehead atoms. The highest BCUT2D eigenvalue weighted by molar-refractivity contribution is 14.0. The zero-order valence-corrected chi connectivity index (χ0v) is 19.8. The number of hydrogen-bond donors (Lipinski definition) is 3. The Morgan fingerprint density at radius 1 is 1.16 bits per heavy atom. The molecule has 7 nitrogen and oxygen atoms in total. The Bertz CT molecular complexity index is 969. The maximum Gasteiger partial charge on any atom is 0.387 e. The molecule has 3 rings (SSSR count). The van der Waals surface area contributed by atoms with Crippen LogP contribution >= 0.6 is 24.0 Å². The summed E-state index contributed by atoms with van der Waals surface area (Å²) in [5, 5.41) is 16.7. The highest BCUT2D eigenvalue weighted by atomic mass is 127. The largest absolute Gasteiger partial charge is 0.435 e. The molecular weight excluding hydrogens is 531 g/mol. The number of para-hydroxylation sites is 1. The molecule has 1 aromatic heterocycles. The number of hydrogen-bond acceptors (Lipinski definition) is 4. The van der Waals surface area contributed by atoms with Gasteiger partial charge in [0, 0.05) is 25.5 Å². The molecule has 2 aromatic carbocycles. The number of ether oxygens (including phenoxy) is 1. The van der Waals surface area contributed by atoms with E-state index in [1.165, 1.54) is 12.1 Å². The van der Waals surface area contributed by atoms with Gasteiger partial charge in [-0.3, -0.25) is 0 Å². The van der Waals surface area contributed by atoms with E-state index < -0.39 is 12.7 Å². The fourth-order valence-corrected chi connectivity index (χ4v) is 2.99. The number of benzene rings is 2. The molecule has 1 heterocycles. The maximum absolute atomic E-state index is 12.3. The van der Waals surface area contributed by atoms with Crippen molar-refractivity contribution in [1.82, 2.24) is 20.2 Å². The highest BCUT2D eigenvalue weighted by Crippen LogP contribution is 2.19. The molecule has 32 heavy (non-hydrogen) atoms. The van der Waals surface area contributed by atoms with E-state index in [9.17, 15) is 13.9 Å². The number of aliphatic hydroxyl groups is 1. The van der Waals surface area contributed by atoms with Crippen molar-refractivity contribution in [3.8, 4) is 11.4 Å². The fourth-order valence-electron chi connectivity index (χ4n) is 2.99. The number of nitrogens with zero attached hydrogens (tertiary/aromatic N) is 3. The van der Waals surface area contributed by atoms with Crippen LogP contribution in [0.4, 0.5) is 8.78 Å². The predicted molar refractivity (Wildman–Crippen MR) is 130 cm³/mol. The molecule has 0 aliphatic heterocycles. The van der Waals surface area contributed by atoms with Crippen molar-refractivity contribution in [2.45, 2.75) is 26.2 Å². The third-order valence-corrected chi connectivity index (χ3v) is 4.48. The first-order valence-electron chi connectivity index (χ1n) is 9.88. The van der Waals surface area contributed by atoms with Gasteiger partial charge in [-0.05, 0) is 36.2 Å². The lowest BCUT2D eigenvalue weighted by molar-refractivity contribution is -0.0498. The molecule has 1 atom stereocenters. The summed E-state index contributed by atoms with van der Waals surface area (Å²) < 4.78 is 30.8. The second-order valence-electron chi connectivity index (χ2n) is 6.64. The van der Waals surface area contributed by atoms with Crippen LogP contribution in [0, 0.1) is 0 Å². The van der Waals surface area contributed by atoms with Gasteiger partial charge in [0.2, 0.25) is 0 Å². The van der Waals surface area contributed by atoms with Crippen LogP contribution in [0.15, 0.2) is 72.2 Å². The zero-order valence-electron chi connectivity index (χ0n) is 17.5. The minimum Gasteiger partial charge on any atom is -0.435 e. The quantitative estimate of drug-likeness (QED) is 0.212. The van der Waals surface area contributed by atoms with Gasteiger partial charge in [0.15, 0.2) is 5.96 Å². The lowest BCUT2D eigenvalue weighted by atomic mass is 10.1. The van der Waals surface area contributed by atoms with E-state index in [1.807, 2.05) is 42.0 Å². The Labute approximate surface area is 202 Å². The number of aromatic nitrogens is 2. The van der Waals surface area contributed by atoms with E-state index in [-0.39, 0.29) is 36.3 Å². The second-order valence-corrected chi connectivity index (χ2v) is 6.64. The molecule has 10 heteroatoms. The third kappa shape index (κ3) is 7.45. The van der Waals surface area contributed by atoms with E-state index in [0.717, 1.165) is 11.3 Å². The van der Waals surface area contributed by atoms with Gasteiger partial charge in [0.05, 0.1) is 24.7 Å². The number of guanidine groups is 1. The average Bonchev–Trinajstić information content (AvgIpc) is 3.30. The van der Waals surface area contributed by atoms with Crippen molar-refractivity contribution in [1.29, 1.82) is 0 Å². The summed E-state index contributed by atoms with van der Waals surface area (Å²) >= 11 is 0. The van der Waals surface area contributed by atoms with Gasteiger partial charge in [-0.2, -0.15) is 8.78 Å². The van der Waals surface area contributed by atoms with Crippen LogP contribution in [0.5, 0.6) is 5.75 Å². The second kappa shape index (κ2) is 13.0. The number of halogens is 3. The standard InChI is InChI=1S/C22H25F2N5O2.HI/c1-2-26-22(27-13-17-5-3-4-6-19(17)29-12-11-25-15-29)28-14-20(30)16-7-9-18(10-8-16)31-21(23)24;/h3-12,15,20-21,30H,2,13-14H2,1H3,(H2,26,27,28);1H. The number of rotatable bonds is 9. The molecule has 0 radical (unpaired) electrons. The van der Waals surface area contributed by atoms with Gasteiger partial charge >= 0.3 is 6.61 Å². The normalized spacial score (nSPS) is 12.2. The summed E-state index contributed by atoms with van der Waals surface area (Å²) in [7, 11) is 0. The number of alkyl halides is 2. The Morgan fingerprint density at radius 3 is 2.56 bits per heavy atom. The van der Waals surface area contributed by atoms with Crippen LogP contribution in [0.25, 0.3) is 5.69 Å². The van der Waals surface area contributed by atoms with E-state index in [2.05, 4.69) is 25.3 Å². The SMILES string of the molecule is CCNC(=NCc1ccccc1-n1ccnc1)NCC(O)c1ccc(OC(F)F)cc1.I. The Balaban J connectivity index is 0.00000363. The van der Waals surface area contributed by atoms with E-state index in [1.54, 1.807) is 24.7 Å². The summed E-state index contributed by atoms with van der Waals surface area (Å²) in [5.74, 6) is 0.602. The Hall–Kier alpha value is -2.73. The lowest BCUT2D eigenvalue weighted by Crippen LogP contribution is -2.39. The van der Waals surface area contributed by atoms with E-state index in [0.29, 0.717) is 24.6 Å². The van der Waals surface area contributed by atoms with Gasteiger partial charge in [0.1, 0.15) is 5.75 Å². The van der Waals surface area contributed by atoms with Gasteiger partial charge in [-0.15, -0.1) is 24.0 Å². The van der Waals surface area contributed by atoms with Crippen LogP contribution in [-0.2, 0) is 6.54 Å². The molecule has 3 N–H and O–H groups in total. The summed E-state index contributed by atoms with van der Waals surface area (Å²) in [6.45, 7) is 0.360. The zero-order chi connectivity index (χ0) is 22.1. The Kier molecular flexibility index (Phi) is 10.3. The Morgan fingerprint density at radius 2 is 1.91 bits per heavy atom. The van der Waals surface area contributed by atoms with Crippen LogP contribution < -0.4 is 15.4 Å². The van der Waals surface area contributed by atoms with Gasteiger partial charge in [-0.1, -0.05) is 30.3 Å². The first-order chi connectivity index (χ1) is 15.1. The van der Waals surface area contributed by atoms with Crippen LogP contribution in [-0.4, -0.2) is 40.3 Å². The summed E-state index contributed by atoms with van der Waals surface area (Å²) in [5.41, 5.74) is 2.59. The molecule has 0 aliphatic carbocycles. The summed E-state index contributed by atoms with van der Waals surface area (Å²) in [6, 6.07) is 13.8. The molecule has 0 spiro atoms. The van der Waals surface area contributed by atoms with E-state index in [4.69, 9.17) is 0 Å². The molecule has 3 aromatic rings. The monoisotopic (exact) mass is 557 g/mol. The molecule has 1 unspecified atom stereocenters. The van der Waals surface area contributed by atoms with Crippen molar-refractivity contribution in [3.05, 3.63) is 78.4 Å². The fraction of sp³-hybridized carbons (Fsp3) is 0.273. The highest BCUT2D eigenvalue weighted by Gasteiger charge is 2.11. The lowest BCUT2D eigenvalue weighted by Gasteiger charge is -2.16. The minimum absolute atomic E-state index is 0. The van der Waals surface area contributed by atoms with E-state index >= 15 is 0 Å². The van der Waals surface area contributed by atoms with Crippen LogP contribution in [0.3, 0.4) is 0 Å². The van der Waals surface area contributed by atoms with Gasteiger partial charge in [0.25, 0.3) is 0 Å². The van der Waals surface area contributed by atoms with Crippen molar-refractivity contribution in [3.63, 3.8) is 0 Å². The summed E-state index contributed by atoms with van der Waals surface area (Å²) in [6.07, 6.45) is 4.49. The molecule has 0 fully saturated rings. The molecule has 0 aliphatic rings. The smallest absolute Gasteiger partial charge is 0.387 e. The van der Waals surface area contributed by atoms with Crippen molar-refractivity contribution in [2.75, 3.05) is 13.1 Å². The number of aliphatic imine (C=N–C) groups is 1. The number of nitrogens with one attached hydrogen (secondary N) is 2. The number of aliphatic hydroxyl groups excluding tert-OH is 1. The topological polar surface area (TPSA) is 83.7 Å². The van der Waals surface area contributed by atoms with Gasteiger partial charge in [-0.25, -0.2) is 9.98 Å². The number of imidazole rings is 1. The third-order valence-electron chi connectivity index (χ3n) is 4.48. The summed E-state index contributed by atoms with van der Waals surface area (Å²) in [4.78, 5) is 8.70.